The van der Waals surface area contributed by atoms with Gasteiger partial charge in [-0.15, -0.1) is 0 Å². The number of phenolic OH excluding ortho intramolecular Hbond substituents is 1. The first-order chi connectivity index (χ1) is 8.74. The molecule has 3 rings (SSSR count). The molecule has 2 aliphatic carbocycles. The van der Waals surface area contributed by atoms with Crippen LogP contribution in [0.1, 0.15) is 44.2 Å². The third kappa shape index (κ3) is 2.86. The lowest BCUT2D eigenvalue weighted by atomic mass is 9.97. The Morgan fingerprint density at radius 2 is 1.89 bits per heavy atom. The molecule has 2 saturated carbocycles. The van der Waals surface area contributed by atoms with E-state index in [1.165, 1.54) is 31.2 Å². The van der Waals surface area contributed by atoms with Gasteiger partial charge in [-0.2, -0.15) is 0 Å². The Morgan fingerprint density at radius 1 is 1.22 bits per heavy atom. The molecule has 1 unspecified atom stereocenters. The van der Waals surface area contributed by atoms with Gasteiger partial charge in [0, 0.05) is 6.04 Å². The number of aromatic hydroxyl groups is 1. The van der Waals surface area contributed by atoms with Crippen LogP contribution in [-0.2, 0) is 0 Å². The van der Waals surface area contributed by atoms with Crippen LogP contribution >= 0.6 is 0 Å². The van der Waals surface area contributed by atoms with Crippen molar-refractivity contribution in [2.75, 3.05) is 6.54 Å². The average Bonchev–Trinajstić information content (AvgIpc) is 3.23. The van der Waals surface area contributed by atoms with Gasteiger partial charge in [-0.1, -0.05) is 12.1 Å². The summed E-state index contributed by atoms with van der Waals surface area (Å²) in [4.78, 5) is 0. The quantitative estimate of drug-likeness (QED) is 0.804. The van der Waals surface area contributed by atoms with Crippen LogP contribution in [0.4, 0.5) is 0 Å². The maximum atomic E-state index is 9.51. The number of rotatable bonds is 6. The van der Waals surface area contributed by atoms with Crippen molar-refractivity contribution in [3.63, 3.8) is 0 Å². The molecule has 0 saturated heterocycles. The SMILES string of the molecule is CC(NCC(C1CC1)C1CC1)c1cccc(O)c1. The fourth-order valence-corrected chi connectivity index (χ4v) is 2.99. The Bertz CT molecular complexity index is 397. The molecule has 1 aromatic carbocycles. The lowest BCUT2D eigenvalue weighted by Gasteiger charge is -2.20. The molecule has 2 N–H and O–H groups in total. The van der Waals surface area contributed by atoms with Gasteiger partial charge < -0.3 is 10.4 Å². The van der Waals surface area contributed by atoms with E-state index in [-0.39, 0.29) is 0 Å². The number of hydrogen-bond acceptors (Lipinski definition) is 2. The molecule has 98 valence electrons. The van der Waals surface area contributed by atoms with Crippen LogP contribution in [0.3, 0.4) is 0 Å². The summed E-state index contributed by atoms with van der Waals surface area (Å²) in [5, 5.41) is 13.2. The van der Waals surface area contributed by atoms with Crippen molar-refractivity contribution in [1.29, 1.82) is 0 Å². The molecule has 2 heteroatoms. The molecule has 2 fully saturated rings. The van der Waals surface area contributed by atoms with Crippen molar-refractivity contribution >= 4 is 0 Å². The van der Waals surface area contributed by atoms with Crippen LogP contribution in [-0.4, -0.2) is 11.7 Å². The maximum absolute atomic E-state index is 9.51. The summed E-state index contributed by atoms with van der Waals surface area (Å²) in [6, 6.07) is 7.92. The smallest absolute Gasteiger partial charge is 0.115 e. The van der Waals surface area contributed by atoms with Gasteiger partial charge >= 0.3 is 0 Å². The number of nitrogens with one attached hydrogen (secondary N) is 1. The molecular weight excluding hydrogens is 222 g/mol. The van der Waals surface area contributed by atoms with Gasteiger partial charge in [0.2, 0.25) is 0 Å². The monoisotopic (exact) mass is 245 g/mol. The van der Waals surface area contributed by atoms with Gasteiger partial charge in [0.1, 0.15) is 5.75 Å². The lowest BCUT2D eigenvalue weighted by molar-refractivity contribution is 0.361. The minimum Gasteiger partial charge on any atom is -0.508 e. The first-order valence-corrected chi connectivity index (χ1v) is 7.26. The Hall–Kier alpha value is -1.02. The van der Waals surface area contributed by atoms with E-state index in [0.717, 1.165) is 24.3 Å². The summed E-state index contributed by atoms with van der Waals surface area (Å²) >= 11 is 0. The van der Waals surface area contributed by atoms with Crippen molar-refractivity contribution in [3.8, 4) is 5.75 Å². The highest BCUT2D eigenvalue weighted by Crippen LogP contribution is 2.48. The van der Waals surface area contributed by atoms with Crippen LogP contribution < -0.4 is 5.32 Å². The molecule has 2 nitrogen and oxygen atoms in total. The lowest BCUT2D eigenvalue weighted by Crippen LogP contribution is -2.28. The molecule has 0 spiro atoms. The summed E-state index contributed by atoms with van der Waals surface area (Å²) in [5.41, 5.74) is 1.18. The molecule has 0 heterocycles. The van der Waals surface area contributed by atoms with Crippen LogP contribution in [0.25, 0.3) is 0 Å². The predicted molar refractivity (Wildman–Crippen MR) is 73.5 cm³/mol. The third-order valence-corrected chi connectivity index (χ3v) is 4.48. The number of benzene rings is 1. The molecule has 1 aromatic rings. The number of phenols is 1. The summed E-state index contributed by atoms with van der Waals surface area (Å²) < 4.78 is 0. The molecule has 0 amide bonds. The standard InChI is InChI=1S/C16H23NO/c1-11(14-3-2-4-15(18)9-14)17-10-16(12-5-6-12)13-7-8-13/h2-4,9,11-13,16-18H,5-8,10H2,1H3. The van der Waals surface area contributed by atoms with E-state index in [1.54, 1.807) is 6.07 Å². The maximum Gasteiger partial charge on any atom is 0.115 e. The van der Waals surface area contributed by atoms with E-state index < -0.39 is 0 Å². The van der Waals surface area contributed by atoms with Crippen molar-refractivity contribution in [2.45, 2.75) is 38.6 Å². The Kier molecular flexibility index (Phi) is 3.29. The van der Waals surface area contributed by atoms with Crippen molar-refractivity contribution < 1.29 is 5.11 Å². The Balaban J connectivity index is 1.55. The second-order valence-corrected chi connectivity index (χ2v) is 6.06. The zero-order valence-electron chi connectivity index (χ0n) is 11.1. The number of hydrogen-bond donors (Lipinski definition) is 2. The van der Waals surface area contributed by atoms with E-state index in [2.05, 4.69) is 18.3 Å². The van der Waals surface area contributed by atoms with E-state index in [1.807, 2.05) is 12.1 Å². The summed E-state index contributed by atoms with van der Waals surface area (Å²) in [6.45, 7) is 3.33. The molecule has 18 heavy (non-hydrogen) atoms. The molecule has 2 aliphatic rings. The minimum atomic E-state index is 0.331. The van der Waals surface area contributed by atoms with Gasteiger partial charge in [0.25, 0.3) is 0 Å². The Morgan fingerprint density at radius 3 is 2.44 bits per heavy atom. The average molecular weight is 245 g/mol. The highest BCUT2D eigenvalue weighted by atomic mass is 16.3. The topological polar surface area (TPSA) is 32.3 Å². The largest absolute Gasteiger partial charge is 0.508 e. The van der Waals surface area contributed by atoms with E-state index in [9.17, 15) is 5.11 Å². The van der Waals surface area contributed by atoms with E-state index in [0.29, 0.717) is 11.8 Å². The molecule has 0 radical (unpaired) electrons. The molecule has 0 aliphatic heterocycles. The summed E-state index contributed by atoms with van der Waals surface area (Å²) in [5.74, 6) is 3.27. The zero-order chi connectivity index (χ0) is 12.5. The first-order valence-electron chi connectivity index (χ1n) is 7.26. The van der Waals surface area contributed by atoms with Gasteiger partial charge in [0.05, 0.1) is 0 Å². The first kappa shape index (κ1) is 12.0. The van der Waals surface area contributed by atoms with Gasteiger partial charge in [-0.05, 0) is 74.6 Å². The van der Waals surface area contributed by atoms with Crippen LogP contribution in [0.2, 0.25) is 0 Å². The highest BCUT2D eigenvalue weighted by molar-refractivity contribution is 5.29. The van der Waals surface area contributed by atoms with Gasteiger partial charge in [-0.3, -0.25) is 0 Å². The zero-order valence-corrected chi connectivity index (χ0v) is 11.1. The Labute approximate surface area is 109 Å². The van der Waals surface area contributed by atoms with Crippen molar-refractivity contribution in [3.05, 3.63) is 29.8 Å². The van der Waals surface area contributed by atoms with E-state index >= 15 is 0 Å². The normalized spacial score (nSPS) is 21.2. The second-order valence-electron chi connectivity index (χ2n) is 6.06. The summed E-state index contributed by atoms with van der Waals surface area (Å²) in [7, 11) is 0. The molecular formula is C16H23NO. The fourth-order valence-electron chi connectivity index (χ4n) is 2.99. The van der Waals surface area contributed by atoms with Crippen LogP contribution in [0.15, 0.2) is 24.3 Å². The molecule has 0 aromatic heterocycles. The second kappa shape index (κ2) is 4.93. The predicted octanol–water partition coefficient (Wildman–Crippen LogP) is 3.48. The van der Waals surface area contributed by atoms with E-state index in [4.69, 9.17) is 0 Å². The van der Waals surface area contributed by atoms with Crippen LogP contribution in [0.5, 0.6) is 5.75 Å². The summed E-state index contributed by atoms with van der Waals surface area (Å²) in [6.07, 6.45) is 5.79. The van der Waals surface area contributed by atoms with Crippen molar-refractivity contribution in [2.24, 2.45) is 17.8 Å². The fraction of sp³-hybridized carbons (Fsp3) is 0.625. The van der Waals surface area contributed by atoms with Gasteiger partial charge in [0.15, 0.2) is 0 Å². The van der Waals surface area contributed by atoms with Crippen molar-refractivity contribution in [1.82, 2.24) is 5.32 Å². The molecule has 0 bridgehead atoms. The third-order valence-electron chi connectivity index (χ3n) is 4.48. The molecule has 1 atom stereocenters. The highest BCUT2D eigenvalue weighted by Gasteiger charge is 2.41. The minimum absolute atomic E-state index is 0.331. The van der Waals surface area contributed by atoms with Gasteiger partial charge in [-0.25, -0.2) is 0 Å². The van der Waals surface area contributed by atoms with Crippen LogP contribution in [0, 0.1) is 17.8 Å².